The predicted octanol–water partition coefficient (Wildman–Crippen LogP) is 0.706. The Morgan fingerprint density at radius 3 is 2.94 bits per heavy atom. The van der Waals surface area contributed by atoms with Crippen LogP contribution in [0.15, 0.2) is 23.1 Å². The number of benzene rings is 1. The summed E-state index contributed by atoms with van der Waals surface area (Å²) >= 11 is 0. The summed E-state index contributed by atoms with van der Waals surface area (Å²) in [5.41, 5.74) is 0.487. The number of nitrogens with one attached hydrogen (secondary N) is 2. The van der Waals surface area contributed by atoms with Gasteiger partial charge in [-0.1, -0.05) is 6.92 Å². The Balaban J connectivity index is 2.29. The summed E-state index contributed by atoms with van der Waals surface area (Å²) in [5.74, 6) is 0.121. The minimum absolute atomic E-state index is 0.0983. The zero-order valence-electron chi connectivity index (χ0n) is 9.89. The highest BCUT2D eigenvalue weighted by Crippen LogP contribution is 2.29. The van der Waals surface area contributed by atoms with E-state index in [1.54, 1.807) is 0 Å². The van der Waals surface area contributed by atoms with Crippen LogP contribution in [0.1, 0.15) is 13.3 Å². The van der Waals surface area contributed by atoms with Crippen molar-refractivity contribution in [1.82, 2.24) is 4.72 Å². The van der Waals surface area contributed by atoms with E-state index < -0.39 is 10.0 Å². The Bertz CT molecular complexity index is 568. The lowest BCUT2D eigenvalue weighted by Gasteiger charge is -2.18. The lowest BCUT2D eigenvalue weighted by molar-refractivity contribution is -0.118. The molecule has 0 saturated carbocycles. The molecule has 1 heterocycles. The molecule has 6 nitrogen and oxygen atoms in total. The van der Waals surface area contributed by atoms with Gasteiger partial charge in [0.25, 0.3) is 5.91 Å². The van der Waals surface area contributed by atoms with E-state index >= 15 is 0 Å². The zero-order valence-corrected chi connectivity index (χ0v) is 10.7. The minimum atomic E-state index is -3.51. The fraction of sp³-hybridized carbons (Fsp3) is 0.364. The molecule has 98 valence electrons. The van der Waals surface area contributed by atoms with Crippen LogP contribution in [-0.2, 0) is 14.8 Å². The van der Waals surface area contributed by atoms with Crippen LogP contribution in [0.3, 0.4) is 0 Å². The summed E-state index contributed by atoms with van der Waals surface area (Å²) in [6, 6.07) is 4.37. The van der Waals surface area contributed by atoms with Crippen LogP contribution in [-0.4, -0.2) is 27.5 Å². The molecule has 0 radical (unpaired) electrons. The molecule has 0 spiro atoms. The molecule has 1 aliphatic heterocycles. The average Bonchev–Trinajstić information content (AvgIpc) is 2.35. The first-order chi connectivity index (χ1) is 8.53. The van der Waals surface area contributed by atoms with Crippen molar-refractivity contribution in [3.63, 3.8) is 0 Å². The molecule has 7 heteroatoms. The van der Waals surface area contributed by atoms with E-state index in [0.717, 1.165) is 6.42 Å². The van der Waals surface area contributed by atoms with Gasteiger partial charge in [-0.2, -0.15) is 0 Å². The molecule has 2 rings (SSSR count). The van der Waals surface area contributed by atoms with E-state index in [1.807, 2.05) is 6.92 Å². The molecule has 1 aromatic carbocycles. The van der Waals surface area contributed by atoms with Gasteiger partial charge in [0, 0.05) is 12.6 Å². The Labute approximate surface area is 105 Å². The second kappa shape index (κ2) is 4.95. The van der Waals surface area contributed by atoms with Gasteiger partial charge in [0.15, 0.2) is 6.61 Å². The van der Waals surface area contributed by atoms with Gasteiger partial charge in [-0.3, -0.25) is 4.79 Å². The lowest BCUT2D eigenvalue weighted by Crippen LogP contribution is -2.27. The summed E-state index contributed by atoms with van der Waals surface area (Å²) in [6.07, 6.45) is 0.719. The third-order valence-corrected chi connectivity index (χ3v) is 3.90. The van der Waals surface area contributed by atoms with Gasteiger partial charge in [-0.25, -0.2) is 13.1 Å². The van der Waals surface area contributed by atoms with E-state index in [4.69, 9.17) is 4.74 Å². The summed E-state index contributed by atoms with van der Waals surface area (Å²) < 4.78 is 31.4. The SMILES string of the molecule is CCCNS(=O)(=O)c1ccc2c(c1)OCC(=O)N2. The van der Waals surface area contributed by atoms with Gasteiger partial charge in [0.2, 0.25) is 10.0 Å². The van der Waals surface area contributed by atoms with Crippen molar-refractivity contribution in [3.8, 4) is 5.75 Å². The molecule has 0 aromatic heterocycles. The maximum Gasteiger partial charge on any atom is 0.262 e. The molecular formula is C11H14N2O4S. The predicted molar refractivity (Wildman–Crippen MR) is 66.0 cm³/mol. The molecule has 1 aliphatic rings. The first kappa shape index (κ1) is 12.8. The van der Waals surface area contributed by atoms with Gasteiger partial charge < -0.3 is 10.1 Å². The second-order valence-corrected chi connectivity index (χ2v) is 5.66. The molecule has 18 heavy (non-hydrogen) atoms. The smallest absolute Gasteiger partial charge is 0.262 e. The van der Waals surface area contributed by atoms with E-state index in [1.165, 1.54) is 18.2 Å². The fourth-order valence-corrected chi connectivity index (χ4v) is 2.69. The van der Waals surface area contributed by atoms with Crippen LogP contribution in [0.5, 0.6) is 5.75 Å². The highest BCUT2D eigenvalue weighted by atomic mass is 32.2. The summed E-state index contributed by atoms with van der Waals surface area (Å²) in [7, 11) is -3.51. The molecule has 0 fully saturated rings. The monoisotopic (exact) mass is 270 g/mol. The van der Waals surface area contributed by atoms with Crippen molar-refractivity contribution < 1.29 is 17.9 Å². The molecule has 0 aliphatic carbocycles. The molecule has 1 amide bonds. The summed E-state index contributed by atoms with van der Waals surface area (Å²) in [6.45, 7) is 2.17. The number of rotatable bonds is 4. The third kappa shape index (κ3) is 2.62. The van der Waals surface area contributed by atoms with Gasteiger partial charge in [-0.05, 0) is 18.6 Å². The number of amides is 1. The molecule has 0 bridgehead atoms. The number of hydrogen-bond donors (Lipinski definition) is 2. The lowest BCUT2D eigenvalue weighted by atomic mass is 10.2. The number of carbonyl (C=O) groups is 1. The summed E-state index contributed by atoms with van der Waals surface area (Å²) in [4.78, 5) is 11.2. The largest absolute Gasteiger partial charge is 0.482 e. The Morgan fingerprint density at radius 2 is 2.22 bits per heavy atom. The quantitative estimate of drug-likeness (QED) is 0.843. The topological polar surface area (TPSA) is 84.5 Å². The number of ether oxygens (including phenoxy) is 1. The molecule has 0 saturated heterocycles. The normalized spacial score (nSPS) is 14.6. The van der Waals surface area contributed by atoms with Crippen LogP contribution in [0.2, 0.25) is 0 Å². The highest BCUT2D eigenvalue weighted by Gasteiger charge is 2.20. The van der Waals surface area contributed by atoms with Gasteiger partial charge >= 0.3 is 0 Å². The standard InChI is InChI=1S/C11H14N2O4S/c1-2-5-12-18(15,16)8-3-4-9-10(6-8)17-7-11(14)13-9/h3-4,6,12H,2,5,7H2,1H3,(H,13,14). The molecule has 0 unspecified atom stereocenters. The van der Waals surface area contributed by atoms with E-state index in [0.29, 0.717) is 18.0 Å². The van der Waals surface area contributed by atoms with Crippen LogP contribution in [0.25, 0.3) is 0 Å². The van der Waals surface area contributed by atoms with Crippen molar-refractivity contribution in [1.29, 1.82) is 0 Å². The van der Waals surface area contributed by atoms with Gasteiger partial charge in [0.05, 0.1) is 10.6 Å². The van der Waals surface area contributed by atoms with Crippen LogP contribution >= 0.6 is 0 Å². The minimum Gasteiger partial charge on any atom is -0.482 e. The molecule has 1 aromatic rings. The molecular weight excluding hydrogens is 256 g/mol. The van der Waals surface area contributed by atoms with Gasteiger partial charge in [-0.15, -0.1) is 0 Å². The fourth-order valence-electron chi connectivity index (χ4n) is 1.54. The Hall–Kier alpha value is -1.60. The van der Waals surface area contributed by atoms with Crippen LogP contribution in [0, 0.1) is 0 Å². The Morgan fingerprint density at radius 1 is 1.44 bits per heavy atom. The molecule has 0 atom stereocenters. The van der Waals surface area contributed by atoms with Crippen molar-refractivity contribution in [3.05, 3.63) is 18.2 Å². The van der Waals surface area contributed by atoms with Crippen LogP contribution < -0.4 is 14.8 Å². The first-order valence-corrected chi connectivity index (χ1v) is 7.07. The second-order valence-electron chi connectivity index (χ2n) is 3.89. The Kier molecular flexibility index (Phi) is 3.53. The zero-order chi connectivity index (χ0) is 13.2. The number of fused-ring (bicyclic) bond motifs is 1. The van der Waals surface area contributed by atoms with E-state index in [-0.39, 0.29) is 17.4 Å². The number of hydrogen-bond acceptors (Lipinski definition) is 4. The van der Waals surface area contributed by atoms with E-state index in [2.05, 4.69) is 10.0 Å². The van der Waals surface area contributed by atoms with Crippen LogP contribution in [0.4, 0.5) is 5.69 Å². The number of carbonyl (C=O) groups excluding carboxylic acids is 1. The van der Waals surface area contributed by atoms with Crippen molar-refractivity contribution in [2.45, 2.75) is 18.2 Å². The molecule has 2 N–H and O–H groups in total. The number of anilines is 1. The highest BCUT2D eigenvalue weighted by molar-refractivity contribution is 7.89. The van der Waals surface area contributed by atoms with Crippen molar-refractivity contribution >= 4 is 21.6 Å². The first-order valence-electron chi connectivity index (χ1n) is 5.59. The summed E-state index contributed by atoms with van der Waals surface area (Å²) in [5, 5.41) is 2.60. The maximum atomic E-state index is 11.9. The maximum absolute atomic E-state index is 11.9. The van der Waals surface area contributed by atoms with Gasteiger partial charge in [0.1, 0.15) is 5.75 Å². The van der Waals surface area contributed by atoms with Crippen molar-refractivity contribution in [2.24, 2.45) is 0 Å². The van der Waals surface area contributed by atoms with Crippen molar-refractivity contribution in [2.75, 3.05) is 18.5 Å². The third-order valence-electron chi connectivity index (χ3n) is 2.44. The van der Waals surface area contributed by atoms with E-state index in [9.17, 15) is 13.2 Å². The average molecular weight is 270 g/mol. The number of sulfonamides is 1.